The van der Waals surface area contributed by atoms with Crippen molar-refractivity contribution in [3.63, 3.8) is 0 Å². The molecule has 1 heterocycles. The average Bonchev–Trinajstić information content (AvgIpc) is 3.45. The van der Waals surface area contributed by atoms with Crippen molar-refractivity contribution in [3.05, 3.63) is 89.4 Å². The number of amides is 1. The maximum absolute atomic E-state index is 13.2. The molecule has 3 aromatic carbocycles. The zero-order valence-electron chi connectivity index (χ0n) is 21.1. The predicted molar refractivity (Wildman–Crippen MR) is 150 cm³/mol. The highest BCUT2D eigenvalue weighted by molar-refractivity contribution is 6.30. The Bertz CT molecular complexity index is 1240. The van der Waals surface area contributed by atoms with E-state index in [4.69, 9.17) is 16.3 Å². The minimum atomic E-state index is -0.716. The lowest BCUT2D eigenvalue weighted by Gasteiger charge is -2.18. The van der Waals surface area contributed by atoms with E-state index >= 15 is 0 Å². The summed E-state index contributed by atoms with van der Waals surface area (Å²) in [5, 5.41) is 18.7. The molecule has 1 fully saturated rings. The van der Waals surface area contributed by atoms with E-state index in [1.807, 2.05) is 48.7 Å². The number of aliphatic imine (C=N–C) groups is 1. The fraction of sp³-hybridized carbons (Fsp3) is 0.276. The van der Waals surface area contributed by atoms with Gasteiger partial charge in [0.15, 0.2) is 6.19 Å². The molecule has 8 nitrogen and oxygen atoms in total. The third-order valence-corrected chi connectivity index (χ3v) is 6.38. The van der Waals surface area contributed by atoms with Gasteiger partial charge in [0.05, 0.1) is 0 Å². The SMILES string of the molecule is N#CNC(=N[C@H](Cc1ccccc1)C(=O)NCCN1CCCC1)Nc1ccc(Oc2ccc(Cl)cc2)cc1. The number of rotatable bonds is 10. The number of hydrogen-bond acceptors (Lipinski definition) is 5. The first-order valence-electron chi connectivity index (χ1n) is 12.7. The molecular weight excluding hydrogens is 500 g/mol. The fourth-order valence-electron chi connectivity index (χ4n) is 4.18. The van der Waals surface area contributed by atoms with Crippen molar-refractivity contribution >= 4 is 29.2 Å². The molecule has 0 unspecified atom stereocenters. The predicted octanol–water partition coefficient (Wildman–Crippen LogP) is 4.79. The molecule has 3 N–H and O–H groups in total. The first-order chi connectivity index (χ1) is 18.6. The minimum absolute atomic E-state index is 0.182. The number of benzene rings is 3. The number of carbonyl (C=O) groups excluding carboxylic acids is 1. The van der Waals surface area contributed by atoms with Crippen molar-refractivity contribution in [2.75, 3.05) is 31.5 Å². The molecule has 196 valence electrons. The van der Waals surface area contributed by atoms with Gasteiger partial charge in [0.25, 0.3) is 0 Å². The summed E-state index contributed by atoms with van der Waals surface area (Å²) < 4.78 is 5.84. The summed E-state index contributed by atoms with van der Waals surface area (Å²) >= 11 is 5.93. The molecule has 0 bridgehead atoms. The monoisotopic (exact) mass is 530 g/mol. The lowest BCUT2D eigenvalue weighted by atomic mass is 10.1. The van der Waals surface area contributed by atoms with Crippen molar-refractivity contribution in [3.8, 4) is 17.7 Å². The average molecular weight is 531 g/mol. The lowest BCUT2D eigenvalue weighted by Crippen LogP contribution is -2.41. The first-order valence-corrected chi connectivity index (χ1v) is 13.0. The molecule has 1 aliphatic heterocycles. The summed E-state index contributed by atoms with van der Waals surface area (Å²) in [6.07, 6.45) is 4.73. The van der Waals surface area contributed by atoms with Gasteiger partial charge in [0.1, 0.15) is 17.5 Å². The Balaban J connectivity index is 1.44. The van der Waals surface area contributed by atoms with Crippen molar-refractivity contribution in [2.45, 2.75) is 25.3 Å². The Morgan fingerprint density at radius 2 is 1.66 bits per heavy atom. The zero-order chi connectivity index (χ0) is 26.6. The van der Waals surface area contributed by atoms with Crippen LogP contribution in [-0.4, -0.2) is 49.0 Å². The number of guanidine groups is 1. The number of anilines is 1. The second kappa shape index (κ2) is 14.0. The van der Waals surface area contributed by atoms with Gasteiger partial charge in [-0.05, 0) is 80.0 Å². The first kappa shape index (κ1) is 27.0. The van der Waals surface area contributed by atoms with E-state index < -0.39 is 6.04 Å². The van der Waals surface area contributed by atoms with Crippen molar-refractivity contribution in [2.24, 2.45) is 4.99 Å². The summed E-state index contributed by atoms with van der Waals surface area (Å²) in [5.74, 6) is 1.32. The number of ether oxygens (including phenoxy) is 1. The second-order valence-electron chi connectivity index (χ2n) is 8.97. The van der Waals surface area contributed by atoms with Crippen molar-refractivity contribution in [1.82, 2.24) is 15.5 Å². The van der Waals surface area contributed by atoms with Gasteiger partial charge in [0, 0.05) is 30.2 Å². The largest absolute Gasteiger partial charge is 0.457 e. The molecule has 0 radical (unpaired) electrons. The van der Waals surface area contributed by atoms with E-state index in [0.29, 0.717) is 35.2 Å². The number of hydrogen-bond donors (Lipinski definition) is 3. The van der Waals surface area contributed by atoms with Crippen LogP contribution in [0.3, 0.4) is 0 Å². The van der Waals surface area contributed by atoms with Crippen LogP contribution in [0.5, 0.6) is 11.5 Å². The molecule has 1 atom stereocenters. The molecule has 0 spiro atoms. The van der Waals surface area contributed by atoms with Crippen LogP contribution in [0.25, 0.3) is 0 Å². The summed E-state index contributed by atoms with van der Waals surface area (Å²) in [7, 11) is 0. The van der Waals surface area contributed by atoms with Crippen LogP contribution in [0.15, 0.2) is 83.9 Å². The quantitative estimate of drug-likeness (QED) is 0.151. The van der Waals surface area contributed by atoms with Crippen LogP contribution < -0.4 is 20.7 Å². The highest BCUT2D eigenvalue weighted by Crippen LogP contribution is 2.24. The molecule has 0 aliphatic carbocycles. The van der Waals surface area contributed by atoms with Crippen LogP contribution in [0.2, 0.25) is 5.02 Å². The smallest absolute Gasteiger partial charge is 0.245 e. The van der Waals surface area contributed by atoms with Crippen LogP contribution in [-0.2, 0) is 11.2 Å². The normalized spacial score (nSPS) is 14.4. The number of nitrogens with zero attached hydrogens (tertiary/aromatic N) is 3. The molecule has 1 amide bonds. The summed E-state index contributed by atoms with van der Waals surface area (Å²) in [6.45, 7) is 3.53. The molecular formula is C29H31ClN6O2. The maximum atomic E-state index is 13.2. The standard InChI is InChI=1S/C29H31ClN6O2/c30-23-8-12-25(13-9-23)38-26-14-10-24(11-15-26)34-29(33-21-31)35-27(20-22-6-2-1-3-7-22)28(37)32-16-19-36-17-4-5-18-36/h1-3,6-15,27H,4-5,16-20H2,(H,32,37)(H2,33,34,35)/t27-/m1/s1. The Hall–Kier alpha value is -4.06. The molecule has 3 aromatic rings. The van der Waals surface area contributed by atoms with Crippen molar-refractivity contribution in [1.29, 1.82) is 5.26 Å². The molecule has 0 aromatic heterocycles. The number of halogens is 1. The maximum Gasteiger partial charge on any atom is 0.245 e. The van der Waals surface area contributed by atoms with Gasteiger partial charge in [-0.15, -0.1) is 0 Å². The van der Waals surface area contributed by atoms with Crippen LogP contribution in [0, 0.1) is 11.5 Å². The van der Waals surface area contributed by atoms with Crippen LogP contribution in [0.1, 0.15) is 18.4 Å². The highest BCUT2D eigenvalue weighted by atomic mass is 35.5. The van der Waals surface area contributed by atoms with Gasteiger partial charge in [-0.2, -0.15) is 5.26 Å². The molecule has 1 aliphatic rings. The Labute approximate surface area is 228 Å². The van der Waals surface area contributed by atoms with Gasteiger partial charge in [-0.25, -0.2) is 4.99 Å². The van der Waals surface area contributed by atoms with Gasteiger partial charge in [0.2, 0.25) is 11.9 Å². The molecule has 38 heavy (non-hydrogen) atoms. The molecule has 9 heteroatoms. The van der Waals surface area contributed by atoms with E-state index in [2.05, 4.69) is 25.8 Å². The molecule has 4 rings (SSSR count). The van der Waals surface area contributed by atoms with E-state index in [1.54, 1.807) is 36.4 Å². The minimum Gasteiger partial charge on any atom is -0.457 e. The second-order valence-corrected chi connectivity index (χ2v) is 9.40. The number of carbonyl (C=O) groups is 1. The van der Waals surface area contributed by atoms with Crippen LogP contribution in [0.4, 0.5) is 5.69 Å². The summed E-state index contributed by atoms with van der Waals surface area (Å²) in [4.78, 5) is 20.1. The number of nitrogens with one attached hydrogen (secondary N) is 3. The Morgan fingerprint density at radius 3 is 2.32 bits per heavy atom. The molecule has 0 saturated carbocycles. The van der Waals surface area contributed by atoms with Crippen LogP contribution >= 0.6 is 11.6 Å². The fourth-order valence-corrected chi connectivity index (χ4v) is 4.31. The van der Waals surface area contributed by atoms with Gasteiger partial charge < -0.3 is 20.3 Å². The summed E-state index contributed by atoms with van der Waals surface area (Å²) in [6, 6.07) is 23.3. The topological polar surface area (TPSA) is 102 Å². The van der Waals surface area contributed by atoms with Gasteiger partial charge in [-0.1, -0.05) is 41.9 Å². The zero-order valence-corrected chi connectivity index (χ0v) is 21.8. The van der Waals surface area contributed by atoms with E-state index in [0.717, 1.165) is 25.2 Å². The summed E-state index contributed by atoms with van der Waals surface area (Å²) in [5.41, 5.74) is 1.67. The highest BCUT2D eigenvalue weighted by Gasteiger charge is 2.20. The van der Waals surface area contributed by atoms with E-state index in [9.17, 15) is 10.1 Å². The number of likely N-dealkylation sites (tertiary alicyclic amines) is 1. The van der Waals surface area contributed by atoms with Gasteiger partial charge in [-0.3, -0.25) is 10.1 Å². The third-order valence-electron chi connectivity index (χ3n) is 6.13. The lowest BCUT2D eigenvalue weighted by molar-refractivity contribution is -0.122. The Kier molecular flexibility index (Phi) is 9.96. The Morgan fingerprint density at radius 1 is 1.00 bits per heavy atom. The van der Waals surface area contributed by atoms with E-state index in [1.165, 1.54) is 12.8 Å². The van der Waals surface area contributed by atoms with Crippen molar-refractivity contribution < 1.29 is 9.53 Å². The van der Waals surface area contributed by atoms with E-state index in [-0.39, 0.29) is 11.9 Å². The third kappa shape index (κ3) is 8.51. The molecule has 1 saturated heterocycles. The van der Waals surface area contributed by atoms with Gasteiger partial charge >= 0.3 is 0 Å². The number of nitriles is 1.